The number of nitrogens with two attached hydrogens (primary N) is 1. The van der Waals surface area contributed by atoms with E-state index in [2.05, 4.69) is 18.5 Å². The fourth-order valence-electron chi connectivity index (χ4n) is 0.593. The molecule has 0 aromatic heterocycles. The fraction of sp³-hybridized carbons (Fsp3) is 0. The Hall–Kier alpha value is -1.77. The van der Waals surface area contributed by atoms with Crippen LogP contribution in [0, 0.1) is 5.41 Å². The van der Waals surface area contributed by atoms with Crippen LogP contribution in [-0.4, -0.2) is 5.96 Å². The molecule has 0 spiro atoms. The number of hydrogen-bond acceptors (Lipinski definition) is 1. The van der Waals surface area contributed by atoms with Crippen LogP contribution in [-0.2, 0) is 0 Å². The summed E-state index contributed by atoms with van der Waals surface area (Å²) in [4.78, 5) is 0. The Morgan fingerprint density at radius 1 is 1.33 bits per heavy atom. The van der Waals surface area contributed by atoms with Gasteiger partial charge in [0, 0.05) is 5.70 Å². The van der Waals surface area contributed by atoms with Crippen molar-refractivity contribution in [1.82, 2.24) is 5.32 Å². The maximum absolute atomic E-state index is 6.97. The zero-order valence-electron chi connectivity index (χ0n) is 6.88. The Labute approximate surface area is 72.5 Å². The van der Waals surface area contributed by atoms with Crippen molar-refractivity contribution in [1.29, 1.82) is 5.41 Å². The second-order valence-corrected chi connectivity index (χ2v) is 1.99. The highest BCUT2D eigenvalue weighted by molar-refractivity contribution is 5.76. The first-order valence-electron chi connectivity index (χ1n) is 3.43. The maximum Gasteiger partial charge on any atom is 0.190 e. The van der Waals surface area contributed by atoms with Crippen LogP contribution in [0.25, 0.3) is 0 Å². The van der Waals surface area contributed by atoms with Gasteiger partial charge in [0.1, 0.15) is 0 Å². The largest absolute Gasteiger partial charge is 0.370 e. The SMILES string of the molecule is C=C/C=C\C(=C/C=C)NC(=N)N. The Bertz CT molecular complexity index is 236. The van der Waals surface area contributed by atoms with Gasteiger partial charge < -0.3 is 11.1 Å². The third kappa shape index (κ3) is 5.05. The molecule has 0 atom stereocenters. The molecule has 64 valence electrons. The lowest BCUT2D eigenvalue weighted by molar-refractivity contribution is 1.12. The third-order valence-corrected chi connectivity index (χ3v) is 0.988. The van der Waals surface area contributed by atoms with Gasteiger partial charge in [0.2, 0.25) is 0 Å². The van der Waals surface area contributed by atoms with E-state index < -0.39 is 0 Å². The summed E-state index contributed by atoms with van der Waals surface area (Å²) in [6.45, 7) is 7.05. The molecule has 0 aromatic carbocycles. The molecule has 0 saturated heterocycles. The molecule has 0 aliphatic heterocycles. The van der Waals surface area contributed by atoms with Gasteiger partial charge in [-0.15, -0.1) is 0 Å². The lowest BCUT2D eigenvalue weighted by Crippen LogP contribution is -2.28. The molecule has 3 nitrogen and oxygen atoms in total. The van der Waals surface area contributed by atoms with Crippen LogP contribution < -0.4 is 11.1 Å². The molecule has 0 aliphatic rings. The van der Waals surface area contributed by atoms with Crippen LogP contribution in [0.2, 0.25) is 0 Å². The predicted molar refractivity (Wildman–Crippen MR) is 52.7 cm³/mol. The summed E-state index contributed by atoms with van der Waals surface area (Å²) in [7, 11) is 0. The lowest BCUT2D eigenvalue weighted by atomic mass is 10.3. The highest BCUT2D eigenvalue weighted by atomic mass is 15.0. The zero-order valence-corrected chi connectivity index (χ0v) is 6.88. The van der Waals surface area contributed by atoms with E-state index in [1.807, 2.05) is 0 Å². The van der Waals surface area contributed by atoms with Crippen molar-refractivity contribution in [2.24, 2.45) is 5.73 Å². The van der Waals surface area contributed by atoms with Gasteiger partial charge in [0.25, 0.3) is 0 Å². The molecule has 0 saturated carbocycles. The van der Waals surface area contributed by atoms with Crippen molar-refractivity contribution < 1.29 is 0 Å². The molecule has 0 rings (SSSR count). The molecule has 0 aliphatic carbocycles. The molecule has 0 fully saturated rings. The summed E-state index contributed by atoms with van der Waals surface area (Å²) in [6.07, 6.45) is 8.44. The van der Waals surface area contributed by atoms with Crippen molar-refractivity contribution in [3.8, 4) is 0 Å². The fourth-order valence-corrected chi connectivity index (χ4v) is 0.593. The predicted octanol–water partition coefficient (Wildman–Crippen LogP) is 1.28. The first kappa shape index (κ1) is 10.2. The summed E-state index contributed by atoms with van der Waals surface area (Å²) in [6, 6.07) is 0. The smallest absolute Gasteiger partial charge is 0.190 e. The molecule has 0 radical (unpaired) electrons. The number of guanidine groups is 1. The number of allylic oxidation sites excluding steroid dienone is 5. The maximum atomic E-state index is 6.97. The zero-order chi connectivity index (χ0) is 9.40. The minimum atomic E-state index is -0.100. The van der Waals surface area contributed by atoms with Crippen molar-refractivity contribution in [3.05, 3.63) is 49.2 Å². The second kappa shape index (κ2) is 5.97. The number of hydrogen-bond donors (Lipinski definition) is 3. The van der Waals surface area contributed by atoms with E-state index in [-0.39, 0.29) is 5.96 Å². The van der Waals surface area contributed by atoms with E-state index in [4.69, 9.17) is 11.1 Å². The molecule has 4 N–H and O–H groups in total. The van der Waals surface area contributed by atoms with Crippen LogP contribution >= 0.6 is 0 Å². The highest BCUT2D eigenvalue weighted by Gasteiger charge is 1.89. The molecule has 0 aromatic rings. The average molecular weight is 163 g/mol. The number of nitrogens with one attached hydrogen (secondary N) is 2. The van der Waals surface area contributed by atoms with Gasteiger partial charge in [0.05, 0.1) is 0 Å². The Balaban J connectivity index is 4.33. The van der Waals surface area contributed by atoms with Crippen LogP contribution in [0.1, 0.15) is 0 Å². The minimum Gasteiger partial charge on any atom is -0.370 e. The first-order valence-corrected chi connectivity index (χ1v) is 3.43. The third-order valence-electron chi connectivity index (χ3n) is 0.988. The topological polar surface area (TPSA) is 61.9 Å². The molecule has 0 heterocycles. The molecular formula is C9H13N3. The Morgan fingerprint density at radius 3 is 2.42 bits per heavy atom. The van der Waals surface area contributed by atoms with E-state index >= 15 is 0 Å². The van der Waals surface area contributed by atoms with Crippen LogP contribution in [0.15, 0.2) is 49.2 Å². The number of rotatable bonds is 4. The summed E-state index contributed by atoms with van der Waals surface area (Å²) < 4.78 is 0. The molecule has 0 bridgehead atoms. The monoisotopic (exact) mass is 163 g/mol. The summed E-state index contributed by atoms with van der Waals surface area (Å²) in [5.74, 6) is -0.100. The van der Waals surface area contributed by atoms with E-state index in [1.165, 1.54) is 0 Å². The minimum absolute atomic E-state index is 0.100. The lowest BCUT2D eigenvalue weighted by Gasteiger charge is -2.02. The van der Waals surface area contributed by atoms with Gasteiger partial charge in [-0.05, 0) is 12.2 Å². The first-order chi connectivity index (χ1) is 5.70. The quantitative estimate of drug-likeness (QED) is 0.332. The van der Waals surface area contributed by atoms with Crippen molar-refractivity contribution >= 4 is 5.96 Å². The van der Waals surface area contributed by atoms with Crippen molar-refractivity contribution in [2.45, 2.75) is 0 Å². The van der Waals surface area contributed by atoms with Gasteiger partial charge in [-0.3, -0.25) is 5.41 Å². The van der Waals surface area contributed by atoms with E-state index in [0.717, 1.165) is 0 Å². The average Bonchev–Trinajstić information content (AvgIpc) is 2.00. The normalized spacial score (nSPS) is 11.2. The molecule has 3 heteroatoms. The highest BCUT2D eigenvalue weighted by Crippen LogP contribution is 1.91. The van der Waals surface area contributed by atoms with Gasteiger partial charge in [-0.2, -0.15) is 0 Å². The van der Waals surface area contributed by atoms with Gasteiger partial charge in [-0.1, -0.05) is 31.4 Å². The Kier molecular flexibility index (Phi) is 5.09. The Morgan fingerprint density at radius 2 is 2.00 bits per heavy atom. The van der Waals surface area contributed by atoms with Crippen molar-refractivity contribution in [3.63, 3.8) is 0 Å². The summed E-state index contributed by atoms with van der Waals surface area (Å²) in [5.41, 5.74) is 5.84. The molecule has 0 unspecified atom stereocenters. The van der Waals surface area contributed by atoms with Crippen molar-refractivity contribution in [2.75, 3.05) is 0 Å². The molecular weight excluding hydrogens is 150 g/mol. The summed E-state index contributed by atoms with van der Waals surface area (Å²) >= 11 is 0. The van der Waals surface area contributed by atoms with E-state index in [0.29, 0.717) is 5.70 Å². The van der Waals surface area contributed by atoms with Gasteiger partial charge >= 0.3 is 0 Å². The standard InChI is InChI=1S/C9H13N3/c1-3-5-7-8(6-4-2)12-9(10)11/h3-7H,1-2H2,(H4,10,11,12)/b7-5-,8-6+. The van der Waals surface area contributed by atoms with Crippen LogP contribution in [0.5, 0.6) is 0 Å². The van der Waals surface area contributed by atoms with Crippen LogP contribution in [0.3, 0.4) is 0 Å². The van der Waals surface area contributed by atoms with E-state index in [1.54, 1.807) is 30.4 Å². The van der Waals surface area contributed by atoms with Gasteiger partial charge in [0.15, 0.2) is 5.96 Å². The summed E-state index contributed by atoms with van der Waals surface area (Å²) in [5, 5.41) is 9.60. The van der Waals surface area contributed by atoms with E-state index in [9.17, 15) is 0 Å². The second-order valence-electron chi connectivity index (χ2n) is 1.99. The van der Waals surface area contributed by atoms with Crippen LogP contribution in [0.4, 0.5) is 0 Å². The molecule has 0 amide bonds. The van der Waals surface area contributed by atoms with Gasteiger partial charge in [-0.25, -0.2) is 0 Å². The molecule has 12 heavy (non-hydrogen) atoms.